The van der Waals surface area contributed by atoms with Gasteiger partial charge in [-0.15, -0.1) is 0 Å². The van der Waals surface area contributed by atoms with Crippen LogP contribution in [-0.2, 0) is 6.54 Å². The maximum atomic E-state index is 13.2. The van der Waals surface area contributed by atoms with E-state index < -0.39 is 5.82 Å². The van der Waals surface area contributed by atoms with Gasteiger partial charge in [-0.05, 0) is 17.5 Å². The molecule has 0 heterocycles. The van der Waals surface area contributed by atoms with Crippen LogP contribution in [0.2, 0.25) is 5.02 Å². The van der Waals surface area contributed by atoms with Gasteiger partial charge in [0.25, 0.3) is 0 Å². The van der Waals surface area contributed by atoms with Crippen LogP contribution in [0.25, 0.3) is 0 Å². The average molecular weight is 202 g/mol. The molecule has 3 heteroatoms. The summed E-state index contributed by atoms with van der Waals surface area (Å²) < 4.78 is 13.2. The van der Waals surface area contributed by atoms with E-state index in [2.05, 4.69) is 0 Å². The van der Waals surface area contributed by atoms with E-state index >= 15 is 0 Å². The Labute approximate surface area is 82.7 Å². The molecule has 72 valence electrons. The maximum Gasteiger partial charge on any atom is 0.146 e. The fraction of sp³-hybridized carbons (Fsp3) is 0.400. The van der Waals surface area contributed by atoms with E-state index in [-0.39, 0.29) is 11.6 Å². The minimum Gasteiger partial charge on any atom is -0.326 e. The van der Waals surface area contributed by atoms with Crippen LogP contribution in [0.1, 0.15) is 30.9 Å². The second-order valence-electron chi connectivity index (χ2n) is 3.33. The van der Waals surface area contributed by atoms with Gasteiger partial charge in [0.05, 0.1) is 5.02 Å². The summed E-state index contributed by atoms with van der Waals surface area (Å²) in [6.07, 6.45) is 0. The Balaban J connectivity index is 3.22. The molecule has 0 aliphatic carbocycles. The second kappa shape index (κ2) is 4.07. The number of rotatable bonds is 2. The molecule has 0 radical (unpaired) electrons. The lowest BCUT2D eigenvalue weighted by molar-refractivity contribution is 0.609. The van der Waals surface area contributed by atoms with Crippen molar-refractivity contribution in [2.24, 2.45) is 5.73 Å². The highest BCUT2D eigenvalue weighted by molar-refractivity contribution is 6.30. The van der Waals surface area contributed by atoms with Gasteiger partial charge in [0, 0.05) is 12.1 Å². The summed E-state index contributed by atoms with van der Waals surface area (Å²) >= 11 is 5.71. The Bertz CT molecular complexity index is 310. The lowest BCUT2D eigenvalue weighted by Gasteiger charge is -2.09. The van der Waals surface area contributed by atoms with E-state index in [1.165, 1.54) is 0 Å². The third kappa shape index (κ3) is 2.20. The van der Waals surface area contributed by atoms with Gasteiger partial charge in [-0.1, -0.05) is 31.5 Å². The summed E-state index contributed by atoms with van der Waals surface area (Å²) in [4.78, 5) is 0. The third-order valence-corrected chi connectivity index (χ3v) is 2.29. The van der Waals surface area contributed by atoms with E-state index in [0.717, 1.165) is 5.56 Å². The number of halogens is 2. The SMILES string of the molecule is CC(C)c1cc(Cl)c(F)c(CN)c1. The van der Waals surface area contributed by atoms with Crippen molar-refractivity contribution >= 4 is 11.6 Å². The van der Waals surface area contributed by atoms with Gasteiger partial charge >= 0.3 is 0 Å². The van der Waals surface area contributed by atoms with Crippen molar-refractivity contribution in [3.8, 4) is 0 Å². The summed E-state index contributed by atoms with van der Waals surface area (Å²) in [5.74, 6) is -0.0584. The molecule has 0 amide bonds. The molecular weight excluding hydrogens is 189 g/mol. The topological polar surface area (TPSA) is 26.0 Å². The van der Waals surface area contributed by atoms with E-state index in [4.69, 9.17) is 17.3 Å². The zero-order chi connectivity index (χ0) is 10.0. The van der Waals surface area contributed by atoms with Crippen molar-refractivity contribution in [3.05, 3.63) is 34.1 Å². The van der Waals surface area contributed by atoms with Crippen LogP contribution < -0.4 is 5.73 Å². The second-order valence-corrected chi connectivity index (χ2v) is 3.74. The minimum absolute atomic E-state index is 0.159. The minimum atomic E-state index is -0.395. The van der Waals surface area contributed by atoms with Crippen LogP contribution in [0.3, 0.4) is 0 Å². The molecule has 13 heavy (non-hydrogen) atoms. The van der Waals surface area contributed by atoms with Crippen molar-refractivity contribution in [3.63, 3.8) is 0 Å². The standard InChI is InChI=1S/C10H13ClFN/c1-6(2)7-3-8(5-13)10(12)9(11)4-7/h3-4,6H,5,13H2,1-2H3. The molecule has 1 rings (SSSR count). The Morgan fingerprint density at radius 1 is 1.46 bits per heavy atom. The normalized spacial score (nSPS) is 10.9. The maximum absolute atomic E-state index is 13.2. The fourth-order valence-electron chi connectivity index (χ4n) is 1.15. The monoisotopic (exact) mass is 201 g/mol. The van der Waals surface area contributed by atoms with Crippen molar-refractivity contribution in [2.75, 3.05) is 0 Å². The first-order valence-corrected chi connectivity index (χ1v) is 4.62. The zero-order valence-corrected chi connectivity index (χ0v) is 8.53. The molecule has 1 aromatic carbocycles. The first kappa shape index (κ1) is 10.5. The summed E-state index contributed by atoms with van der Waals surface area (Å²) in [7, 11) is 0. The van der Waals surface area contributed by atoms with Crippen molar-refractivity contribution < 1.29 is 4.39 Å². The number of nitrogens with two attached hydrogens (primary N) is 1. The van der Waals surface area contributed by atoms with Gasteiger partial charge in [-0.3, -0.25) is 0 Å². The zero-order valence-electron chi connectivity index (χ0n) is 7.77. The van der Waals surface area contributed by atoms with Crippen LogP contribution in [0.15, 0.2) is 12.1 Å². The first-order valence-electron chi connectivity index (χ1n) is 4.24. The van der Waals surface area contributed by atoms with Crippen molar-refractivity contribution in [1.29, 1.82) is 0 Å². The molecule has 1 nitrogen and oxygen atoms in total. The molecule has 0 fully saturated rings. The largest absolute Gasteiger partial charge is 0.326 e. The summed E-state index contributed by atoms with van der Waals surface area (Å²) in [6.45, 7) is 4.25. The van der Waals surface area contributed by atoms with Crippen LogP contribution in [0, 0.1) is 5.82 Å². The summed E-state index contributed by atoms with van der Waals surface area (Å²) in [6, 6.07) is 3.42. The molecule has 0 spiro atoms. The van der Waals surface area contributed by atoms with Gasteiger partial charge in [0.15, 0.2) is 0 Å². The molecule has 2 N–H and O–H groups in total. The molecule has 0 atom stereocenters. The van der Waals surface area contributed by atoms with Gasteiger partial charge in [-0.2, -0.15) is 0 Å². The molecular formula is C10H13ClFN. The van der Waals surface area contributed by atoms with Crippen molar-refractivity contribution in [1.82, 2.24) is 0 Å². The predicted octanol–water partition coefficient (Wildman–Crippen LogP) is 3.06. The third-order valence-electron chi connectivity index (χ3n) is 2.01. The van der Waals surface area contributed by atoms with Crippen LogP contribution >= 0.6 is 11.6 Å². The molecule has 0 unspecified atom stereocenters. The predicted molar refractivity (Wildman–Crippen MR) is 53.4 cm³/mol. The molecule has 0 aliphatic rings. The van der Waals surface area contributed by atoms with Crippen LogP contribution in [0.5, 0.6) is 0 Å². The lowest BCUT2D eigenvalue weighted by atomic mass is 10.0. The Kier molecular flexibility index (Phi) is 3.28. The van der Waals surface area contributed by atoms with Crippen molar-refractivity contribution in [2.45, 2.75) is 26.3 Å². The van der Waals surface area contributed by atoms with Gasteiger partial charge < -0.3 is 5.73 Å². The lowest BCUT2D eigenvalue weighted by Crippen LogP contribution is -2.02. The Hall–Kier alpha value is -0.600. The molecule has 0 bridgehead atoms. The average Bonchev–Trinajstić information content (AvgIpc) is 2.09. The highest BCUT2D eigenvalue weighted by Gasteiger charge is 2.09. The Morgan fingerprint density at radius 3 is 2.54 bits per heavy atom. The van der Waals surface area contributed by atoms with Crippen LogP contribution in [0.4, 0.5) is 4.39 Å². The highest BCUT2D eigenvalue weighted by Crippen LogP contribution is 2.24. The highest BCUT2D eigenvalue weighted by atomic mass is 35.5. The molecule has 0 saturated carbocycles. The summed E-state index contributed by atoms with van der Waals surface area (Å²) in [5, 5.41) is 0.159. The summed E-state index contributed by atoms with van der Waals surface area (Å²) in [5.41, 5.74) is 6.89. The van der Waals surface area contributed by atoms with Gasteiger partial charge in [0.1, 0.15) is 5.82 Å². The van der Waals surface area contributed by atoms with Gasteiger partial charge in [-0.25, -0.2) is 4.39 Å². The van der Waals surface area contributed by atoms with E-state index in [1.54, 1.807) is 12.1 Å². The number of benzene rings is 1. The van der Waals surface area contributed by atoms with E-state index in [1.807, 2.05) is 13.8 Å². The quantitative estimate of drug-likeness (QED) is 0.782. The first-order chi connectivity index (χ1) is 6.06. The number of hydrogen-bond donors (Lipinski definition) is 1. The smallest absolute Gasteiger partial charge is 0.146 e. The molecule has 1 aromatic rings. The fourth-order valence-corrected chi connectivity index (χ4v) is 1.40. The number of hydrogen-bond acceptors (Lipinski definition) is 1. The molecule has 0 saturated heterocycles. The van der Waals surface area contributed by atoms with Gasteiger partial charge in [0.2, 0.25) is 0 Å². The molecule has 0 aliphatic heterocycles. The molecule has 0 aromatic heterocycles. The van der Waals surface area contributed by atoms with Crippen LogP contribution in [-0.4, -0.2) is 0 Å². The van der Waals surface area contributed by atoms with E-state index in [0.29, 0.717) is 11.5 Å². The van der Waals surface area contributed by atoms with E-state index in [9.17, 15) is 4.39 Å². The Morgan fingerprint density at radius 2 is 2.08 bits per heavy atom.